The van der Waals surface area contributed by atoms with Crippen molar-refractivity contribution in [3.63, 3.8) is 0 Å². The van der Waals surface area contributed by atoms with Crippen LogP contribution in [0.25, 0.3) is 23.2 Å². The van der Waals surface area contributed by atoms with Crippen molar-refractivity contribution in [3.05, 3.63) is 93.6 Å². The normalized spacial score (nSPS) is 14.2. The van der Waals surface area contributed by atoms with E-state index in [0.29, 0.717) is 6.54 Å². The summed E-state index contributed by atoms with van der Waals surface area (Å²) < 4.78 is 1.83. The molecular weight excluding hydrogens is 348 g/mol. The van der Waals surface area contributed by atoms with Gasteiger partial charge in [-0.15, -0.1) is 0 Å². The van der Waals surface area contributed by atoms with Crippen LogP contribution in [0.15, 0.2) is 71.7 Å². The predicted molar refractivity (Wildman–Crippen MR) is 113 cm³/mol. The van der Waals surface area contributed by atoms with E-state index in [-0.39, 0.29) is 11.7 Å². The highest BCUT2D eigenvalue weighted by Gasteiger charge is 2.17. The number of pyridine rings is 1. The van der Waals surface area contributed by atoms with Gasteiger partial charge in [-0.3, -0.25) is 9.55 Å². The first-order valence-electron chi connectivity index (χ1n) is 9.40. The number of H-pyrrole nitrogens is 1. The van der Waals surface area contributed by atoms with Crippen molar-refractivity contribution in [1.82, 2.24) is 14.5 Å². The molecule has 5 nitrogen and oxygen atoms in total. The number of hydrogen-bond donors (Lipinski definition) is 1. The van der Waals surface area contributed by atoms with Gasteiger partial charge in [0.1, 0.15) is 0 Å². The minimum Gasteiger partial charge on any atom is -0.341 e. The molecule has 1 aliphatic heterocycles. The first-order valence-corrected chi connectivity index (χ1v) is 9.40. The SMILES string of the molecule is C[C@@H](c1ccccc1)n1c(=O)[nH]c2c1=CN(c1cccc3ncccc13)CC=2. The molecule has 0 radical (unpaired) electrons. The zero-order chi connectivity index (χ0) is 19.1. The molecule has 5 heteroatoms. The number of benzene rings is 2. The third-order valence-corrected chi connectivity index (χ3v) is 5.37. The number of aromatic amines is 1. The van der Waals surface area contributed by atoms with Crippen molar-refractivity contribution >= 4 is 28.9 Å². The van der Waals surface area contributed by atoms with Gasteiger partial charge in [0, 0.05) is 24.3 Å². The third-order valence-electron chi connectivity index (χ3n) is 5.37. The van der Waals surface area contributed by atoms with Crippen LogP contribution in [0.1, 0.15) is 18.5 Å². The molecule has 5 rings (SSSR count). The molecule has 0 fully saturated rings. The highest BCUT2D eigenvalue weighted by molar-refractivity contribution is 5.93. The average Bonchev–Trinajstić information content (AvgIpc) is 3.08. The van der Waals surface area contributed by atoms with Crippen molar-refractivity contribution in [1.29, 1.82) is 0 Å². The molecule has 1 aliphatic rings. The van der Waals surface area contributed by atoms with Crippen molar-refractivity contribution < 1.29 is 0 Å². The van der Waals surface area contributed by atoms with Gasteiger partial charge in [0.2, 0.25) is 0 Å². The van der Waals surface area contributed by atoms with E-state index in [1.165, 1.54) is 0 Å². The van der Waals surface area contributed by atoms with E-state index in [9.17, 15) is 4.79 Å². The van der Waals surface area contributed by atoms with Crippen molar-refractivity contribution in [2.75, 3.05) is 11.4 Å². The minimum absolute atomic E-state index is 0.0625. The van der Waals surface area contributed by atoms with E-state index in [1.54, 1.807) is 0 Å². The lowest BCUT2D eigenvalue weighted by Crippen LogP contribution is -2.41. The first kappa shape index (κ1) is 16.6. The highest BCUT2D eigenvalue weighted by Crippen LogP contribution is 2.26. The molecule has 0 bridgehead atoms. The van der Waals surface area contributed by atoms with E-state index in [4.69, 9.17) is 0 Å². The van der Waals surface area contributed by atoms with E-state index >= 15 is 0 Å². The second-order valence-corrected chi connectivity index (χ2v) is 7.02. The lowest BCUT2D eigenvalue weighted by atomic mass is 10.1. The molecule has 4 aromatic rings. The maximum absolute atomic E-state index is 12.7. The van der Waals surface area contributed by atoms with Gasteiger partial charge in [-0.25, -0.2) is 4.79 Å². The molecule has 2 aromatic carbocycles. The van der Waals surface area contributed by atoms with Crippen LogP contribution in [0, 0.1) is 0 Å². The van der Waals surface area contributed by atoms with Gasteiger partial charge in [0.25, 0.3) is 0 Å². The molecule has 2 aromatic heterocycles. The third kappa shape index (κ3) is 2.63. The van der Waals surface area contributed by atoms with Gasteiger partial charge in [-0.05, 0) is 42.8 Å². The molecule has 0 amide bonds. The van der Waals surface area contributed by atoms with Gasteiger partial charge in [0.15, 0.2) is 0 Å². The van der Waals surface area contributed by atoms with Gasteiger partial charge in [-0.2, -0.15) is 0 Å². The summed E-state index contributed by atoms with van der Waals surface area (Å²) in [5, 5.41) is 2.87. The smallest absolute Gasteiger partial charge is 0.327 e. The number of nitrogens with zero attached hydrogens (tertiary/aromatic N) is 3. The molecule has 1 atom stereocenters. The fourth-order valence-corrected chi connectivity index (χ4v) is 3.93. The molecule has 3 heterocycles. The summed E-state index contributed by atoms with van der Waals surface area (Å²) in [6.07, 6.45) is 5.94. The van der Waals surface area contributed by atoms with Crippen molar-refractivity contribution in [2.45, 2.75) is 13.0 Å². The maximum Gasteiger partial charge on any atom is 0.327 e. The Morgan fingerprint density at radius 3 is 2.75 bits per heavy atom. The summed E-state index contributed by atoms with van der Waals surface area (Å²) >= 11 is 0. The summed E-state index contributed by atoms with van der Waals surface area (Å²) in [7, 11) is 0. The average molecular weight is 368 g/mol. The molecule has 0 aliphatic carbocycles. The maximum atomic E-state index is 12.7. The van der Waals surface area contributed by atoms with Crippen molar-refractivity contribution in [3.8, 4) is 0 Å². The predicted octanol–water partition coefficient (Wildman–Crippen LogP) is 2.37. The number of imidazole rings is 1. The zero-order valence-electron chi connectivity index (χ0n) is 15.5. The molecule has 0 saturated heterocycles. The second-order valence-electron chi connectivity index (χ2n) is 7.02. The van der Waals surface area contributed by atoms with E-state index < -0.39 is 0 Å². The Kier molecular flexibility index (Phi) is 3.86. The Morgan fingerprint density at radius 1 is 1.04 bits per heavy atom. The summed E-state index contributed by atoms with van der Waals surface area (Å²) in [6, 6.07) is 20.2. The second kappa shape index (κ2) is 6.53. The Morgan fingerprint density at radius 2 is 1.89 bits per heavy atom. The fourth-order valence-electron chi connectivity index (χ4n) is 3.93. The Hall–Kier alpha value is -3.60. The number of anilines is 1. The number of fused-ring (bicyclic) bond motifs is 2. The number of aromatic nitrogens is 3. The van der Waals surface area contributed by atoms with Gasteiger partial charge >= 0.3 is 5.69 Å². The minimum atomic E-state index is -0.0877. The van der Waals surface area contributed by atoms with Gasteiger partial charge in [0.05, 0.1) is 27.9 Å². The van der Waals surface area contributed by atoms with Crippen LogP contribution in [0.5, 0.6) is 0 Å². The largest absolute Gasteiger partial charge is 0.341 e. The van der Waals surface area contributed by atoms with E-state index in [2.05, 4.69) is 58.3 Å². The van der Waals surface area contributed by atoms with Crippen LogP contribution in [0.3, 0.4) is 0 Å². The molecule has 28 heavy (non-hydrogen) atoms. The molecule has 0 unspecified atom stereocenters. The monoisotopic (exact) mass is 368 g/mol. The fraction of sp³-hybridized carbons (Fsp3) is 0.130. The summed E-state index contributed by atoms with van der Waals surface area (Å²) in [4.78, 5) is 22.4. The van der Waals surface area contributed by atoms with E-state index in [0.717, 1.165) is 32.9 Å². The first-order chi connectivity index (χ1) is 13.7. The van der Waals surface area contributed by atoms with Crippen LogP contribution in [-0.2, 0) is 0 Å². The Labute approximate surface area is 161 Å². The quantitative estimate of drug-likeness (QED) is 0.604. The lowest BCUT2D eigenvalue weighted by Gasteiger charge is -2.23. The van der Waals surface area contributed by atoms with Crippen LogP contribution < -0.4 is 21.3 Å². The molecular formula is C23H20N4O. The molecule has 138 valence electrons. The topological polar surface area (TPSA) is 53.9 Å². The molecule has 0 spiro atoms. The van der Waals surface area contributed by atoms with Crippen LogP contribution in [-0.4, -0.2) is 21.1 Å². The Bertz CT molecular complexity index is 1330. The lowest BCUT2D eigenvalue weighted by molar-refractivity contribution is 0.601. The number of rotatable bonds is 3. The van der Waals surface area contributed by atoms with E-state index in [1.807, 2.05) is 47.2 Å². The van der Waals surface area contributed by atoms with Crippen LogP contribution in [0.4, 0.5) is 5.69 Å². The van der Waals surface area contributed by atoms with Gasteiger partial charge in [-0.1, -0.05) is 36.4 Å². The number of nitrogens with one attached hydrogen (secondary N) is 1. The number of hydrogen-bond acceptors (Lipinski definition) is 3. The summed E-state index contributed by atoms with van der Waals surface area (Å²) in [6.45, 7) is 2.75. The van der Waals surface area contributed by atoms with Gasteiger partial charge < -0.3 is 9.88 Å². The Balaban J connectivity index is 1.68. The van der Waals surface area contributed by atoms with Crippen molar-refractivity contribution in [2.24, 2.45) is 0 Å². The van der Waals surface area contributed by atoms with Crippen LogP contribution in [0.2, 0.25) is 0 Å². The summed E-state index contributed by atoms with van der Waals surface area (Å²) in [5.41, 5.74) is 3.06. The standard InChI is InChI=1S/C23H20N4O/c1-16(17-7-3-2-4-8-17)27-22-15-26(14-12-20(22)25-23(27)28)21-11-5-10-19-18(21)9-6-13-24-19/h2-13,15-16H,14H2,1H3,(H,25,28)/t16-/m0/s1. The zero-order valence-corrected chi connectivity index (χ0v) is 15.5. The summed E-state index contributed by atoms with van der Waals surface area (Å²) in [5.74, 6) is 0. The molecule has 1 N–H and O–H groups in total. The highest BCUT2D eigenvalue weighted by atomic mass is 16.1. The molecule has 0 saturated carbocycles. The van der Waals surface area contributed by atoms with Crippen LogP contribution >= 0.6 is 0 Å².